The van der Waals surface area contributed by atoms with Crippen LogP contribution in [-0.4, -0.2) is 24.6 Å². The molecule has 1 saturated heterocycles. The van der Waals surface area contributed by atoms with Crippen molar-refractivity contribution in [2.75, 3.05) is 24.5 Å². The van der Waals surface area contributed by atoms with Crippen LogP contribution in [0.2, 0.25) is 0 Å². The summed E-state index contributed by atoms with van der Waals surface area (Å²) < 4.78 is 0. The third-order valence-corrected chi connectivity index (χ3v) is 3.47. The molecule has 3 nitrogen and oxygen atoms in total. The van der Waals surface area contributed by atoms with Gasteiger partial charge < -0.3 is 10.2 Å². The van der Waals surface area contributed by atoms with Crippen LogP contribution < -0.4 is 10.2 Å². The second kappa shape index (κ2) is 5.05. The van der Waals surface area contributed by atoms with Gasteiger partial charge in [-0.25, -0.2) is 0 Å². The fraction of sp³-hybridized carbons (Fsp3) is 0.643. The second-order valence-corrected chi connectivity index (χ2v) is 5.62. The van der Waals surface area contributed by atoms with Gasteiger partial charge in [-0.1, -0.05) is 20.8 Å². The van der Waals surface area contributed by atoms with Gasteiger partial charge in [0, 0.05) is 25.8 Å². The maximum Gasteiger partial charge on any atom is 0.0598 e. The highest BCUT2D eigenvalue weighted by Gasteiger charge is 2.30. The van der Waals surface area contributed by atoms with Crippen LogP contribution in [0.3, 0.4) is 0 Å². The van der Waals surface area contributed by atoms with Crippen molar-refractivity contribution >= 4 is 5.69 Å². The molecule has 0 saturated carbocycles. The fourth-order valence-electron chi connectivity index (χ4n) is 2.43. The first kappa shape index (κ1) is 12.4. The summed E-state index contributed by atoms with van der Waals surface area (Å²) in [6.45, 7) is 11.1. The number of nitrogens with zero attached hydrogens (tertiary/aromatic N) is 2. The molecule has 3 heteroatoms. The molecule has 2 rings (SSSR count). The van der Waals surface area contributed by atoms with Crippen molar-refractivity contribution in [1.29, 1.82) is 0 Å². The predicted molar refractivity (Wildman–Crippen MR) is 72.2 cm³/mol. The fourth-order valence-corrected chi connectivity index (χ4v) is 2.43. The molecule has 0 unspecified atom stereocenters. The summed E-state index contributed by atoms with van der Waals surface area (Å²) in [7, 11) is 0. The number of hydrogen-bond donors (Lipinski definition) is 1. The molecule has 17 heavy (non-hydrogen) atoms. The first-order valence-corrected chi connectivity index (χ1v) is 6.51. The van der Waals surface area contributed by atoms with Crippen LogP contribution >= 0.6 is 0 Å². The van der Waals surface area contributed by atoms with E-state index in [9.17, 15) is 0 Å². The Morgan fingerprint density at radius 3 is 2.94 bits per heavy atom. The van der Waals surface area contributed by atoms with Crippen molar-refractivity contribution in [3.8, 4) is 0 Å². The summed E-state index contributed by atoms with van der Waals surface area (Å²) in [4.78, 5) is 6.75. The van der Waals surface area contributed by atoms with Crippen LogP contribution in [0.5, 0.6) is 0 Å². The first-order valence-electron chi connectivity index (χ1n) is 6.51. The molecule has 2 heterocycles. The Labute approximate surface area is 104 Å². The molecule has 0 radical (unpaired) electrons. The van der Waals surface area contributed by atoms with E-state index in [0.29, 0.717) is 5.41 Å². The van der Waals surface area contributed by atoms with Gasteiger partial charge >= 0.3 is 0 Å². The molecule has 1 fully saturated rings. The summed E-state index contributed by atoms with van der Waals surface area (Å²) in [6.07, 6.45) is 5.16. The number of hydrogen-bond acceptors (Lipinski definition) is 3. The van der Waals surface area contributed by atoms with Crippen molar-refractivity contribution in [3.63, 3.8) is 0 Å². The standard InChI is InChI=1S/C14H23N3/c1-4-15-9-12-5-7-16-10-13(12)17-8-6-14(2,3)11-17/h5,7,10,15H,4,6,8-9,11H2,1-3H3. The lowest BCUT2D eigenvalue weighted by molar-refractivity contribution is 0.418. The molecule has 1 aliphatic heterocycles. The van der Waals surface area contributed by atoms with Gasteiger partial charge in [-0.3, -0.25) is 4.98 Å². The van der Waals surface area contributed by atoms with E-state index in [-0.39, 0.29) is 0 Å². The van der Waals surface area contributed by atoms with Crippen LogP contribution in [0.4, 0.5) is 5.69 Å². The number of anilines is 1. The number of rotatable bonds is 4. The van der Waals surface area contributed by atoms with E-state index in [1.165, 1.54) is 17.7 Å². The van der Waals surface area contributed by atoms with Crippen molar-refractivity contribution in [3.05, 3.63) is 24.0 Å². The Morgan fingerprint density at radius 1 is 1.47 bits per heavy atom. The van der Waals surface area contributed by atoms with Gasteiger partial charge in [0.15, 0.2) is 0 Å². The van der Waals surface area contributed by atoms with E-state index in [2.05, 4.69) is 42.0 Å². The molecule has 94 valence electrons. The Kier molecular flexibility index (Phi) is 3.67. The minimum absolute atomic E-state index is 0.436. The van der Waals surface area contributed by atoms with Gasteiger partial charge in [0.05, 0.1) is 11.9 Å². The maximum absolute atomic E-state index is 4.28. The molecule has 0 spiro atoms. The molecule has 0 atom stereocenters. The van der Waals surface area contributed by atoms with E-state index in [1.54, 1.807) is 0 Å². The van der Waals surface area contributed by atoms with Gasteiger partial charge in [0.25, 0.3) is 0 Å². The number of nitrogens with one attached hydrogen (secondary N) is 1. The van der Waals surface area contributed by atoms with Crippen molar-refractivity contribution < 1.29 is 0 Å². The molecule has 1 aromatic rings. The average molecular weight is 233 g/mol. The van der Waals surface area contributed by atoms with E-state index in [0.717, 1.165) is 26.2 Å². The van der Waals surface area contributed by atoms with E-state index in [1.807, 2.05) is 12.4 Å². The highest BCUT2D eigenvalue weighted by Crippen LogP contribution is 2.33. The molecule has 1 aromatic heterocycles. The summed E-state index contributed by atoms with van der Waals surface area (Å²) in [5.41, 5.74) is 3.10. The molecule has 1 aliphatic rings. The van der Waals surface area contributed by atoms with Crippen LogP contribution in [-0.2, 0) is 6.54 Å². The maximum atomic E-state index is 4.28. The lowest BCUT2D eigenvalue weighted by Crippen LogP contribution is -2.25. The van der Waals surface area contributed by atoms with Gasteiger partial charge in [-0.2, -0.15) is 0 Å². The smallest absolute Gasteiger partial charge is 0.0598 e. The van der Waals surface area contributed by atoms with Gasteiger partial charge in [-0.05, 0) is 30.0 Å². The number of pyridine rings is 1. The molecule has 0 amide bonds. The minimum Gasteiger partial charge on any atom is -0.369 e. The third-order valence-electron chi connectivity index (χ3n) is 3.47. The van der Waals surface area contributed by atoms with Crippen LogP contribution in [0.15, 0.2) is 18.5 Å². The second-order valence-electron chi connectivity index (χ2n) is 5.62. The van der Waals surface area contributed by atoms with Crippen molar-refractivity contribution in [2.24, 2.45) is 5.41 Å². The molecular weight excluding hydrogens is 210 g/mol. The zero-order chi connectivity index (χ0) is 12.3. The molecule has 0 bridgehead atoms. The summed E-state index contributed by atoms with van der Waals surface area (Å²) in [6, 6.07) is 2.13. The molecule has 1 N–H and O–H groups in total. The summed E-state index contributed by atoms with van der Waals surface area (Å²) in [5.74, 6) is 0. The van der Waals surface area contributed by atoms with Crippen molar-refractivity contribution in [2.45, 2.75) is 33.7 Å². The van der Waals surface area contributed by atoms with Crippen LogP contribution in [0, 0.1) is 5.41 Å². The zero-order valence-corrected chi connectivity index (χ0v) is 11.2. The van der Waals surface area contributed by atoms with Crippen molar-refractivity contribution in [1.82, 2.24) is 10.3 Å². The minimum atomic E-state index is 0.436. The highest BCUT2D eigenvalue weighted by atomic mass is 15.2. The molecular formula is C14H23N3. The Morgan fingerprint density at radius 2 is 2.29 bits per heavy atom. The zero-order valence-electron chi connectivity index (χ0n) is 11.2. The SMILES string of the molecule is CCNCc1ccncc1N1CCC(C)(C)C1. The summed E-state index contributed by atoms with van der Waals surface area (Å²) >= 11 is 0. The lowest BCUT2D eigenvalue weighted by atomic mass is 9.93. The Hall–Kier alpha value is -1.09. The normalized spacial score (nSPS) is 18.6. The number of aromatic nitrogens is 1. The predicted octanol–water partition coefficient (Wildman–Crippen LogP) is 2.43. The van der Waals surface area contributed by atoms with Gasteiger partial charge in [0.1, 0.15) is 0 Å². The quantitative estimate of drug-likeness (QED) is 0.865. The molecule has 0 aliphatic carbocycles. The van der Waals surface area contributed by atoms with Gasteiger partial charge in [0.2, 0.25) is 0 Å². The first-order chi connectivity index (χ1) is 8.12. The topological polar surface area (TPSA) is 28.2 Å². The van der Waals surface area contributed by atoms with Crippen LogP contribution in [0.25, 0.3) is 0 Å². The average Bonchev–Trinajstić information content (AvgIpc) is 2.67. The van der Waals surface area contributed by atoms with E-state index in [4.69, 9.17) is 0 Å². The molecule has 0 aromatic carbocycles. The third kappa shape index (κ3) is 2.97. The lowest BCUT2D eigenvalue weighted by Gasteiger charge is -2.23. The highest BCUT2D eigenvalue weighted by molar-refractivity contribution is 5.52. The van der Waals surface area contributed by atoms with E-state index >= 15 is 0 Å². The van der Waals surface area contributed by atoms with Crippen LogP contribution in [0.1, 0.15) is 32.8 Å². The van der Waals surface area contributed by atoms with E-state index < -0.39 is 0 Å². The van der Waals surface area contributed by atoms with Gasteiger partial charge in [-0.15, -0.1) is 0 Å². The summed E-state index contributed by atoms with van der Waals surface area (Å²) in [5, 5.41) is 3.39. The Bertz CT molecular complexity index is 373. The Balaban J connectivity index is 2.15. The monoisotopic (exact) mass is 233 g/mol. The largest absolute Gasteiger partial charge is 0.369 e.